The highest BCUT2D eigenvalue weighted by molar-refractivity contribution is 5.76. The molecule has 0 bridgehead atoms. The van der Waals surface area contributed by atoms with Crippen LogP contribution in [0.25, 0.3) is 0 Å². The molecule has 1 heterocycles. The standard InChI is InChI=1S/C30H49N3O3/c1-24(14-20-34)22-31-16-8-13-29(36)33(27-10-5-4-6-11-27)19-18-32-17-15-30(3,25(2)23-32)26-9-7-12-28(35)21-26/h7,9,12,20-21,24-25,27,31,35H,4-6,8,10-11,13-19,22-23H2,1-3H3. The lowest BCUT2D eigenvalue weighted by molar-refractivity contribution is -0.134. The van der Waals surface area contributed by atoms with Crippen molar-refractivity contribution in [2.45, 2.75) is 90.0 Å². The van der Waals surface area contributed by atoms with Crippen LogP contribution in [0.4, 0.5) is 0 Å². The molecule has 0 aromatic heterocycles. The second-order valence-electron chi connectivity index (χ2n) is 11.6. The average molecular weight is 500 g/mol. The lowest BCUT2D eigenvalue weighted by Crippen LogP contribution is -2.51. The van der Waals surface area contributed by atoms with Crippen LogP contribution in [0.15, 0.2) is 24.3 Å². The number of carbonyl (C=O) groups is 2. The monoisotopic (exact) mass is 499 g/mol. The first-order chi connectivity index (χ1) is 17.3. The van der Waals surface area contributed by atoms with E-state index in [1.807, 2.05) is 12.1 Å². The van der Waals surface area contributed by atoms with Gasteiger partial charge in [-0.05, 0) is 80.3 Å². The molecule has 36 heavy (non-hydrogen) atoms. The second kappa shape index (κ2) is 14.1. The number of nitrogens with zero attached hydrogens (tertiary/aromatic N) is 2. The molecule has 202 valence electrons. The Kier molecular flexibility index (Phi) is 11.2. The van der Waals surface area contributed by atoms with E-state index >= 15 is 0 Å². The van der Waals surface area contributed by atoms with E-state index in [-0.39, 0.29) is 5.41 Å². The molecule has 1 aromatic carbocycles. The van der Waals surface area contributed by atoms with Gasteiger partial charge in [0.1, 0.15) is 12.0 Å². The molecule has 3 atom stereocenters. The maximum absolute atomic E-state index is 13.3. The lowest BCUT2D eigenvalue weighted by atomic mass is 9.68. The molecule has 1 aromatic rings. The highest BCUT2D eigenvalue weighted by atomic mass is 16.3. The zero-order chi connectivity index (χ0) is 26.0. The molecule has 1 amide bonds. The number of hydrogen-bond donors (Lipinski definition) is 2. The summed E-state index contributed by atoms with van der Waals surface area (Å²) in [6, 6.07) is 8.16. The molecule has 2 aliphatic rings. The van der Waals surface area contributed by atoms with Gasteiger partial charge in [0.25, 0.3) is 0 Å². The Morgan fingerprint density at radius 3 is 2.78 bits per heavy atom. The van der Waals surface area contributed by atoms with Gasteiger partial charge >= 0.3 is 0 Å². The van der Waals surface area contributed by atoms with Crippen LogP contribution < -0.4 is 5.32 Å². The zero-order valence-electron chi connectivity index (χ0n) is 22.9. The van der Waals surface area contributed by atoms with E-state index in [0.717, 1.165) is 71.2 Å². The average Bonchev–Trinajstić information content (AvgIpc) is 2.87. The smallest absolute Gasteiger partial charge is 0.222 e. The van der Waals surface area contributed by atoms with Crippen molar-refractivity contribution in [3.8, 4) is 5.75 Å². The summed E-state index contributed by atoms with van der Waals surface area (Å²) in [6.45, 7) is 12.2. The molecule has 0 radical (unpaired) electrons. The molecule has 0 spiro atoms. The van der Waals surface area contributed by atoms with E-state index < -0.39 is 0 Å². The third-order valence-electron chi connectivity index (χ3n) is 8.80. The molecule has 6 heteroatoms. The number of aldehydes is 1. The van der Waals surface area contributed by atoms with Crippen molar-refractivity contribution in [3.05, 3.63) is 29.8 Å². The summed E-state index contributed by atoms with van der Waals surface area (Å²) in [5.41, 5.74) is 1.28. The number of phenolic OH excluding ortho intramolecular Hbond substituents is 1. The number of likely N-dealkylation sites (tertiary alicyclic amines) is 1. The molecule has 2 N–H and O–H groups in total. The van der Waals surface area contributed by atoms with Gasteiger partial charge in [0, 0.05) is 38.5 Å². The third kappa shape index (κ3) is 8.04. The normalized spacial score (nSPS) is 24.4. The van der Waals surface area contributed by atoms with Gasteiger partial charge in [-0.1, -0.05) is 52.2 Å². The Morgan fingerprint density at radius 2 is 2.08 bits per heavy atom. The highest BCUT2D eigenvalue weighted by Crippen LogP contribution is 2.40. The fraction of sp³-hybridized carbons (Fsp3) is 0.733. The van der Waals surface area contributed by atoms with Gasteiger partial charge in [-0.2, -0.15) is 0 Å². The van der Waals surface area contributed by atoms with E-state index in [2.05, 4.69) is 42.0 Å². The Morgan fingerprint density at radius 1 is 1.31 bits per heavy atom. The summed E-state index contributed by atoms with van der Waals surface area (Å²) < 4.78 is 0. The van der Waals surface area contributed by atoms with Crippen LogP contribution in [0.1, 0.15) is 84.1 Å². The Balaban J connectivity index is 1.50. The van der Waals surface area contributed by atoms with Crippen molar-refractivity contribution in [1.82, 2.24) is 15.1 Å². The molecule has 1 aliphatic carbocycles. The summed E-state index contributed by atoms with van der Waals surface area (Å²) in [4.78, 5) is 28.7. The van der Waals surface area contributed by atoms with Crippen LogP contribution in [0, 0.1) is 11.8 Å². The van der Waals surface area contributed by atoms with Gasteiger partial charge < -0.3 is 25.0 Å². The molecular formula is C30H49N3O3. The van der Waals surface area contributed by atoms with E-state index in [9.17, 15) is 14.7 Å². The van der Waals surface area contributed by atoms with E-state index in [4.69, 9.17) is 0 Å². The van der Waals surface area contributed by atoms with Crippen molar-refractivity contribution in [2.24, 2.45) is 11.8 Å². The maximum atomic E-state index is 13.3. The lowest BCUT2D eigenvalue weighted by Gasteiger charge is -2.46. The van der Waals surface area contributed by atoms with Gasteiger partial charge in [0.2, 0.25) is 5.91 Å². The minimum atomic E-state index is 0.0599. The largest absolute Gasteiger partial charge is 0.508 e. The van der Waals surface area contributed by atoms with Crippen LogP contribution in [-0.4, -0.2) is 72.4 Å². The minimum absolute atomic E-state index is 0.0599. The molecular weight excluding hydrogens is 450 g/mol. The van der Waals surface area contributed by atoms with Crippen molar-refractivity contribution in [2.75, 3.05) is 39.3 Å². The summed E-state index contributed by atoms with van der Waals surface area (Å²) in [7, 11) is 0. The van der Waals surface area contributed by atoms with Gasteiger partial charge in [-0.25, -0.2) is 0 Å². The van der Waals surface area contributed by atoms with Crippen LogP contribution in [0.2, 0.25) is 0 Å². The van der Waals surface area contributed by atoms with Gasteiger partial charge in [-0.3, -0.25) is 4.79 Å². The van der Waals surface area contributed by atoms with Gasteiger partial charge in [0.15, 0.2) is 0 Å². The van der Waals surface area contributed by atoms with Crippen molar-refractivity contribution >= 4 is 12.2 Å². The fourth-order valence-electron chi connectivity index (χ4n) is 6.07. The number of carbonyl (C=O) groups excluding carboxylic acids is 2. The Bertz CT molecular complexity index is 825. The molecule has 2 fully saturated rings. The molecule has 3 rings (SSSR count). The van der Waals surface area contributed by atoms with E-state index in [0.29, 0.717) is 42.4 Å². The van der Waals surface area contributed by atoms with E-state index in [1.54, 1.807) is 6.07 Å². The predicted octanol–water partition coefficient (Wildman–Crippen LogP) is 4.75. The zero-order valence-corrected chi connectivity index (χ0v) is 22.9. The topological polar surface area (TPSA) is 72.9 Å². The molecule has 6 nitrogen and oxygen atoms in total. The third-order valence-corrected chi connectivity index (χ3v) is 8.80. The van der Waals surface area contributed by atoms with Crippen LogP contribution in [0.3, 0.4) is 0 Å². The minimum Gasteiger partial charge on any atom is -0.508 e. The predicted molar refractivity (Wildman–Crippen MR) is 146 cm³/mol. The number of amides is 1. The number of aromatic hydroxyl groups is 1. The molecule has 1 aliphatic heterocycles. The summed E-state index contributed by atoms with van der Waals surface area (Å²) in [6.07, 6.45) is 10.1. The highest BCUT2D eigenvalue weighted by Gasteiger charge is 2.38. The first-order valence-corrected chi connectivity index (χ1v) is 14.3. The Hall–Kier alpha value is -1.92. The summed E-state index contributed by atoms with van der Waals surface area (Å²) >= 11 is 0. The molecule has 1 saturated heterocycles. The number of benzene rings is 1. The SMILES string of the molecule is CC(CC=O)CNCCCC(=O)N(CCN1CCC(C)(c2cccc(O)c2)C(C)C1)C1CCCCC1. The number of rotatable bonds is 13. The Labute approximate surface area is 218 Å². The number of phenols is 1. The van der Waals surface area contributed by atoms with Crippen LogP contribution in [0.5, 0.6) is 5.75 Å². The summed E-state index contributed by atoms with van der Waals surface area (Å²) in [5.74, 6) is 1.47. The maximum Gasteiger partial charge on any atom is 0.222 e. The number of nitrogens with one attached hydrogen (secondary N) is 1. The van der Waals surface area contributed by atoms with E-state index in [1.165, 1.54) is 24.8 Å². The van der Waals surface area contributed by atoms with Crippen molar-refractivity contribution < 1.29 is 14.7 Å². The second-order valence-corrected chi connectivity index (χ2v) is 11.6. The molecule has 1 saturated carbocycles. The first kappa shape index (κ1) is 28.6. The summed E-state index contributed by atoms with van der Waals surface area (Å²) in [5, 5.41) is 13.4. The first-order valence-electron chi connectivity index (χ1n) is 14.3. The van der Waals surface area contributed by atoms with Gasteiger partial charge in [-0.15, -0.1) is 0 Å². The van der Waals surface area contributed by atoms with Crippen molar-refractivity contribution in [1.29, 1.82) is 0 Å². The van der Waals surface area contributed by atoms with Crippen LogP contribution >= 0.6 is 0 Å². The number of piperidine rings is 1. The van der Waals surface area contributed by atoms with Crippen LogP contribution in [-0.2, 0) is 15.0 Å². The molecule has 3 unspecified atom stereocenters. The fourth-order valence-corrected chi connectivity index (χ4v) is 6.07. The van der Waals surface area contributed by atoms with Gasteiger partial charge in [0.05, 0.1) is 0 Å². The van der Waals surface area contributed by atoms with Crippen molar-refractivity contribution in [3.63, 3.8) is 0 Å². The number of hydrogen-bond acceptors (Lipinski definition) is 5. The quantitative estimate of drug-likeness (QED) is 0.303.